The summed E-state index contributed by atoms with van der Waals surface area (Å²) in [5.41, 5.74) is 7.37. The van der Waals surface area contributed by atoms with Crippen LogP contribution < -0.4 is 5.73 Å². The third-order valence-corrected chi connectivity index (χ3v) is 3.46. The lowest BCUT2D eigenvalue weighted by atomic mass is 10.2. The Balaban J connectivity index is 2.28. The molecule has 0 unspecified atom stereocenters. The SMILES string of the molecule is Cc1ccccc1Sc1cc(C(=N)N)ccn1. The summed E-state index contributed by atoms with van der Waals surface area (Å²) in [7, 11) is 0. The Bertz CT molecular complexity index is 552. The smallest absolute Gasteiger partial charge is 0.122 e. The molecule has 0 saturated carbocycles. The van der Waals surface area contributed by atoms with E-state index in [9.17, 15) is 0 Å². The molecule has 1 aromatic carbocycles. The molecule has 1 heterocycles. The molecule has 0 amide bonds. The van der Waals surface area contributed by atoms with Crippen molar-refractivity contribution in [2.24, 2.45) is 5.73 Å². The highest BCUT2D eigenvalue weighted by atomic mass is 32.2. The van der Waals surface area contributed by atoms with Gasteiger partial charge < -0.3 is 5.73 Å². The second-order valence-electron chi connectivity index (χ2n) is 3.66. The molecule has 0 aliphatic heterocycles. The standard InChI is InChI=1S/C13H13N3S/c1-9-4-2-3-5-11(9)17-12-8-10(13(14)15)6-7-16-12/h2-8H,1H3,(H3,14,15). The average molecular weight is 243 g/mol. The van der Waals surface area contributed by atoms with Gasteiger partial charge in [0.05, 0.1) is 0 Å². The first-order valence-corrected chi connectivity index (χ1v) is 6.02. The third kappa shape index (κ3) is 2.85. The van der Waals surface area contributed by atoms with Crippen LogP contribution in [0, 0.1) is 12.3 Å². The van der Waals surface area contributed by atoms with Gasteiger partial charge in [0.1, 0.15) is 10.9 Å². The van der Waals surface area contributed by atoms with Crippen LogP contribution in [-0.4, -0.2) is 10.8 Å². The summed E-state index contributed by atoms with van der Waals surface area (Å²) in [6.07, 6.45) is 1.68. The first-order chi connectivity index (χ1) is 8.16. The molecule has 1 aromatic heterocycles. The number of benzene rings is 1. The number of hydrogen-bond donors (Lipinski definition) is 2. The van der Waals surface area contributed by atoms with Gasteiger partial charge >= 0.3 is 0 Å². The van der Waals surface area contributed by atoms with Crippen molar-refractivity contribution in [2.45, 2.75) is 16.8 Å². The molecule has 2 aromatic rings. The van der Waals surface area contributed by atoms with Gasteiger partial charge in [-0.2, -0.15) is 0 Å². The predicted molar refractivity (Wildman–Crippen MR) is 70.6 cm³/mol. The van der Waals surface area contributed by atoms with Gasteiger partial charge in [-0.3, -0.25) is 5.41 Å². The quantitative estimate of drug-likeness (QED) is 0.643. The van der Waals surface area contributed by atoms with Gasteiger partial charge in [-0.1, -0.05) is 30.0 Å². The highest BCUT2D eigenvalue weighted by Crippen LogP contribution is 2.28. The van der Waals surface area contributed by atoms with Crippen LogP contribution in [0.5, 0.6) is 0 Å². The number of rotatable bonds is 3. The average Bonchev–Trinajstić information content (AvgIpc) is 2.32. The van der Waals surface area contributed by atoms with E-state index in [1.807, 2.05) is 18.2 Å². The third-order valence-electron chi connectivity index (χ3n) is 2.35. The largest absolute Gasteiger partial charge is 0.384 e. The van der Waals surface area contributed by atoms with E-state index < -0.39 is 0 Å². The summed E-state index contributed by atoms with van der Waals surface area (Å²) in [5.74, 6) is 0.0685. The Hall–Kier alpha value is -1.81. The lowest BCUT2D eigenvalue weighted by Crippen LogP contribution is -2.10. The minimum absolute atomic E-state index is 0.0685. The number of nitrogens with zero attached hydrogens (tertiary/aromatic N) is 1. The van der Waals surface area contributed by atoms with Crippen molar-refractivity contribution in [1.82, 2.24) is 4.98 Å². The number of aryl methyl sites for hydroxylation is 1. The summed E-state index contributed by atoms with van der Waals surface area (Å²) in [6.45, 7) is 2.07. The lowest BCUT2D eigenvalue weighted by Gasteiger charge is -2.05. The van der Waals surface area contributed by atoms with E-state index in [0.717, 1.165) is 5.03 Å². The second kappa shape index (κ2) is 5.01. The molecule has 0 aliphatic carbocycles. The molecule has 4 heteroatoms. The summed E-state index contributed by atoms with van der Waals surface area (Å²) < 4.78 is 0. The van der Waals surface area contributed by atoms with Crippen LogP contribution in [0.25, 0.3) is 0 Å². The first kappa shape index (κ1) is 11.7. The molecule has 17 heavy (non-hydrogen) atoms. The van der Waals surface area contributed by atoms with Crippen LogP contribution in [0.4, 0.5) is 0 Å². The molecule has 2 rings (SSSR count). The van der Waals surface area contributed by atoms with Crippen LogP contribution in [0.15, 0.2) is 52.5 Å². The zero-order valence-electron chi connectivity index (χ0n) is 9.47. The van der Waals surface area contributed by atoms with Gasteiger partial charge in [0.15, 0.2) is 0 Å². The minimum Gasteiger partial charge on any atom is -0.384 e. The Morgan fingerprint density at radius 1 is 1.29 bits per heavy atom. The van der Waals surface area contributed by atoms with Crippen molar-refractivity contribution >= 4 is 17.6 Å². The molecule has 0 atom stereocenters. The van der Waals surface area contributed by atoms with Crippen LogP contribution >= 0.6 is 11.8 Å². The molecule has 0 saturated heterocycles. The Labute approximate surface area is 105 Å². The highest BCUT2D eigenvalue weighted by molar-refractivity contribution is 7.99. The van der Waals surface area contributed by atoms with Gasteiger partial charge in [0.25, 0.3) is 0 Å². The van der Waals surface area contributed by atoms with E-state index in [4.69, 9.17) is 11.1 Å². The molecule has 3 nitrogen and oxygen atoms in total. The monoisotopic (exact) mass is 243 g/mol. The zero-order valence-corrected chi connectivity index (χ0v) is 10.3. The fraction of sp³-hybridized carbons (Fsp3) is 0.0769. The maximum absolute atomic E-state index is 7.39. The van der Waals surface area contributed by atoms with Crippen molar-refractivity contribution in [3.05, 3.63) is 53.7 Å². The van der Waals surface area contributed by atoms with Crippen LogP contribution in [0.2, 0.25) is 0 Å². The predicted octanol–water partition coefficient (Wildman–Crippen LogP) is 2.83. The lowest BCUT2D eigenvalue weighted by molar-refractivity contribution is 1.12. The van der Waals surface area contributed by atoms with Crippen LogP contribution in [0.1, 0.15) is 11.1 Å². The van der Waals surface area contributed by atoms with E-state index in [0.29, 0.717) is 5.56 Å². The summed E-state index contributed by atoms with van der Waals surface area (Å²) in [6, 6.07) is 11.7. The van der Waals surface area contributed by atoms with Crippen molar-refractivity contribution in [3.8, 4) is 0 Å². The Morgan fingerprint density at radius 2 is 2.06 bits per heavy atom. The fourth-order valence-corrected chi connectivity index (χ4v) is 2.32. The van der Waals surface area contributed by atoms with E-state index in [2.05, 4.69) is 24.0 Å². The molecular weight excluding hydrogens is 230 g/mol. The topological polar surface area (TPSA) is 62.8 Å². The Morgan fingerprint density at radius 3 is 2.76 bits per heavy atom. The molecule has 0 aliphatic rings. The van der Waals surface area contributed by atoms with Crippen molar-refractivity contribution in [2.75, 3.05) is 0 Å². The number of nitrogens with one attached hydrogen (secondary N) is 1. The zero-order chi connectivity index (χ0) is 12.3. The minimum atomic E-state index is 0.0685. The molecule has 0 bridgehead atoms. The van der Waals surface area contributed by atoms with E-state index >= 15 is 0 Å². The number of hydrogen-bond acceptors (Lipinski definition) is 3. The van der Waals surface area contributed by atoms with Gasteiger partial charge in [-0.15, -0.1) is 0 Å². The highest BCUT2D eigenvalue weighted by Gasteiger charge is 2.03. The number of aromatic nitrogens is 1. The number of nitrogen functional groups attached to an aromatic ring is 1. The van der Waals surface area contributed by atoms with Gasteiger partial charge in [0, 0.05) is 16.7 Å². The number of pyridine rings is 1. The first-order valence-electron chi connectivity index (χ1n) is 5.21. The van der Waals surface area contributed by atoms with E-state index in [1.165, 1.54) is 10.5 Å². The molecule has 86 valence electrons. The fourth-order valence-electron chi connectivity index (χ4n) is 1.42. The Kier molecular flexibility index (Phi) is 3.44. The number of amidine groups is 1. The van der Waals surface area contributed by atoms with Crippen molar-refractivity contribution in [3.63, 3.8) is 0 Å². The molecule has 0 spiro atoms. The van der Waals surface area contributed by atoms with E-state index in [-0.39, 0.29) is 5.84 Å². The van der Waals surface area contributed by atoms with Crippen molar-refractivity contribution < 1.29 is 0 Å². The maximum atomic E-state index is 7.39. The van der Waals surface area contributed by atoms with Gasteiger partial charge in [-0.05, 0) is 30.7 Å². The molecule has 0 fully saturated rings. The van der Waals surface area contributed by atoms with Gasteiger partial charge in [-0.25, -0.2) is 4.98 Å². The summed E-state index contributed by atoms with van der Waals surface area (Å²) in [4.78, 5) is 5.44. The maximum Gasteiger partial charge on any atom is 0.122 e. The molecule has 3 N–H and O–H groups in total. The van der Waals surface area contributed by atoms with E-state index in [1.54, 1.807) is 24.0 Å². The normalized spacial score (nSPS) is 10.2. The molecule has 0 radical (unpaired) electrons. The summed E-state index contributed by atoms with van der Waals surface area (Å²) >= 11 is 1.58. The van der Waals surface area contributed by atoms with Gasteiger partial charge in [0.2, 0.25) is 0 Å². The number of nitrogens with two attached hydrogens (primary N) is 1. The molecular formula is C13H13N3S. The van der Waals surface area contributed by atoms with Crippen LogP contribution in [0.3, 0.4) is 0 Å². The van der Waals surface area contributed by atoms with Crippen molar-refractivity contribution in [1.29, 1.82) is 5.41 Å². The van der Waals surface area contributed by atoms with Crippen LogP contribution in [-0.2, 0) is 0 Å². The summed E-state index contributed by atoms with van der Waals surface area (Å²) in [5, 5.41) is 8.25. The second-order valence-corrected chi connectivity index (χ2v) is 4.73.